The Morgan fingerprint density at radius 1 is 1.07 bits per heavy atom. The van der Waals surface area contributed by atoms with E-state index in [0.717, 1.165) is 41.4 Å². The van der Waals surface area contributed by atoms with Gasteiger partial charge in [-0.3, -0.25) is 0 Å². The van der Waals surface area contributed by atoms with E-state index in [0.29, 0.717) is 11.5 Å². The van der Waals surface area contributed by atoms with Crippen LogP contribution in [-0.4, -0.2) is 43.8 Å². The molecule has 2 aromatic carbocycles. The van der Waals surface area contributed by atoms with Gasteiger partial charge in [-0.05, 0) is 23.8 Å². The highest BCUT2D eigenvalue weighted by atomic mass is 35.5. The van der Waals surface area contributed by atoms with Crippen molar-refractivity contribution in [2.24, 2.45) is 0 Å². The predicted molar refractivity (Wildman–Crippen MR) is 107 cm³/mol. The van der Waals surface area contributed by atoms with Crippen molar-refractivity contribution in [2.75, 3.05) is 38.8 Å². The van der Waals surface area contributed by atoms with E-state index in [2.05, 4.69) is 32.3 Å². The van der Waals surface area contributed by atoms with Crippen LogP contribution < -0.4 is 19.7 Å². The lowest BCUT2D eigenvalue weighted by Crippen LogP contribution is -2.46. The second-order valence-corrected chi connectivity index (χ2v) is 6.86. The van der Waals surface area contributed by atoms with Crippen LogP contribution in [0.5, 0.6) is 11.5 Å². The molecule has 0 saturated carbocycles. The van der Waals surface area contributed by atoms with E-state index in [1.165, 1.54) is 5.56 Å². The monoisotopic (exact) mass is 384 g/mol. The van der Waals surface area contributed by atoms with Crippen LogP contribution in [0.3, 0.4) is 0 Å². The van der Waals surface area contributed by atoms with Gasteiger partial charge in [0.15, 0.2) is 11.5 Å². The summed E-state index contributed by atoms with van der Waals surface area (Å²) in [7, 11) is 3.26. The molecule has 2 heterocycles. The highest BCUT2D eigenvalue weighted by Gasteiger charge is 2.24. The lowest BCUT2D eigenvalue weighted by Gasteiger charge is -2.35. The fraction of sp³-hybridized carbons (Fsp3) is 0.300. The van der Waals surface area contributed by atoms with E-state index in [1.807, 2.05) is 24.3 Å². The zero-order valence-electron chi connectivity index (χ0n) is 15.3. The van der Waals surface area contributed by atoms with Crippen molar-refractivity contribution in [3.8, 4) is 11.5 Å². The van der Waals surface area contributed by atoms with E-state index in [1.54, 1.807) is 20.5 Å². The standard InChI is InChI=1S/C20H21ClN4O2/c1-26-18-9-15-16(10-19(18)27-2)23-12-24-20(15)25-8-7-22-17(11-25)13-3-5-14(21)6-4-13/h3-6,9-10,12,17,22H,7-8,11H2,1-2H3. The molecular formula is C20H21ClN4O2. The maximum atomic E-state index is 6.02. The van der Waals surface area contributed by atoms with Crippen molar-refractivity contribution < 1.29 is 9.47 Å². The first-order chi connectivity index (χ1) is 13.2. The van der Waals surface area contributed by atoms with E-state index in [-0.39, 0.29) is 6.04 Å². The van der Waals surface area contributed by atoms with Crippen LogP contribution in [0.1, 0.15) is 11.6 Å². The van der Waals surface area contributed by atoms with Gasteiger partial charge < -0.3 is 19.7 Å². The van der Waals surface area contributed by atoms with Gasteiger partial charge >= 0.3 is 0 Å². The number of ether oxygens (including phenoxy) is 2. The molecule has 27 heavy (non-hydrogen) atoms. The van der Waals surface area contributed by atoms with Gasteiger partial charge in [0, 0.05) is 42.2 Å². The number of nitrogens with zero attached hydrogens (tertiary/aromatic N) is 3. The number of piperazine rings is 1. The molecule has 1 unspecified atom stereocenters. The minimum absolute atomic E-state index is 0.209. The fourth-order valence-electron chi connectivity index (χ4n) is 3.48. The highest BCUT2D eigenvalue weighted by molar-refractivity contribution is 6.30. The third-order valence-corrected chi connectivity index (χ3v) is 5.12. The quantitative estimate of drug-likeness (QED) is 0.743. The Bertz CT molecular complexity index is 949. The average molecular weight is 385 g/mol. The summed E-state index contributed by atoms with van der Waals surface area (Å²) in [4.78, 5) is 11.3. The van der Waals surface area contributed by atoms with Gasteiger partial charge in [0.05, 0.1) is 19.7 Å². The van der Waals surface area contributed by atoms with Crippen LogP contribution in [0.25, 0.3) is 10.9 Å². The van der Waals surface area contributed by atoms with Gasteiger partial charge in [-0.1, -0.05) is 23.7 Å². The summed E-state index contributed by atoms with van der Waals surface area (Å²) >= 11 is 6.02. The van der Waals surface area contributed by atoms with Gasteiger partial charge in [-0.25, -0.2) is 9.97 Å². The third-order valence-electron chi connectivity index (χ3n) is 4.87. The summed E-state index contributed by atoms with van der Waals surface area (Å²) in [6, 6.07) is 12.0. The van der Waals surface area contributed by atoms with E-state index >= 15 is 0 Å². The largest absolute Gasteiger partial charge is 0.493 e. The summed E-state index contributed by atoms with van der Waals surface area (Å²) < 4.78 is 10.9. The molecule has 1 N–H and O–H groups in total. The molecular weight excluding hydrogens is 364 g/mol. The van der Waals surface area contributed by atoms with Crippen molar-refractivity contribution in [1.82, 2.24) is 15.3 Å². The molecule has 1 aromatic heterocycles. The first-order valence-electron chi connectivity index (χ1n) is 8.80. The van der Waals surface area contributed by atoms with E-state index < -0.39 is 0 Å². The number of fused-ring (bicyclic) bond motifs is 1. The Morgan fingerprint density at radius 2 is 1.81 bits per heavy atom. The molecule has 0 bridgehead atoms. The van der Waals surface area contributed by atoms with Gasteiger partial charge in [0.2, 0.25) is 0 Å². The number of anilines is 1. The van der Waals surface area contributed by atoms with Gasteiger partial charge in [-0.2, -0.15) is 0 Å². The Morgan fingerprint density at radius 3 is 2.56 bits per heavy atom. The smallest absolute Gasteiger partial charge is 0.162 e. The summed E-state index contributed by atoms with van der Waals surface area (Å²) in [6.07, 6.45) is 1.60. The van der Waals surface area contributed by atoms with Crippen molar-refractivity contribution in [3.63, 3.8) is 0 Å². The number of hydrogen-bond acceptors (Lipinski definition) is 6. The van der Waals surface area contributed by atoms with E-state index in [9.17, 15) is 0 Å². The minimum atomic E-state index is 0.209. The molecule has 0 radical (unpaired) electrons. The van der Waals surface area contributed by atoms with Gasteiger partial charge in [0.1, 0.15) is 12.1 Å². The van der Waals surface area contributed by atoms with Crippen LogP contribution in [0, 0.1) is 0 Å². The third kappa shape index (κ3) is 3.50. The van der Waals surface area contributed by atoms with Crippen molar-refractivity contribution in [2.45, 2.75) is 6.04 Å². The van der Waals surface area contributed by atoms with Crippen molar-refractivity contribution >= 4 is 28.3 Å². The molecule has 7 heteroatoms. The summed E-state index contributed by atoms with van der Waals surface area (Å²) in [5.74, 6) is 2.24. The summed E-state index contributed by atoms with van der Waals surface area (Å²) in [5.41, 5.74) is 2.04. The topological polar surface area (TPSA) is 59.5 Å². The lowest BCUT2D eigenvalue weighted by molar-refractivity contribution is 0.355. The van der Waals surface area contributed by atoms with Crippen LogP contribution in [-0.2, 0) is 0 Å². The lowest BCUT2D eigenvalue weighted by atomic mass is 10.0. The fourth-order valence-corrected chi connectivity index (χ4v) is 3.61. The van der Waals surface area contributed by atoms with Crippen LogP contribution in [0.15, 0.2) is 42.7 Å². The first kappa shape index (κ1) is 17.8. The molecule has 3 aromatic rings. The van der Waals surface area contributed by atoms with Gasteiger partial charge in [-0.15, -0.1) is 0 Å². The SMILES string of the molecule is COc1cc2ncnc(N3CCNC(c4ccc(Cl)cc4)C3)c2cc1OC. The van der Waals surface area contributed by atoms with Crippen LogP contribution in [0.2, 0.25) is 5.02 Å². The molecule has 0 aliphatic carbocycles. The molecule has 4 rings (SSSR count). The second-order valence-electron chi connectivity index (χ2n) is 6.43. The molecule has 0 amide bonds. The number of nitrogens with one attached hydrogen (secondary N) is 1. The average Bonchev–Trinajstić information content (AvgIpc) is 2.72. The predicted octanol–water partition coefficient (Wildman–Crippen LogP) is 3.45. The summed E-state index contributed by atoms with van der Waals surface area (Å²) in [6.45, 7) is 2.54. The number of aromatic nitrogens is 2. The molecule has 1 saturated heterocycles. The maximum Gasteiger partial charge on any atom is 0.162 e. The first-order valence-corrected chi connectivity index (χ1v) is 9.18. The number of methoxy groups -OCH3 is 2. The van der Waals surface area contributed by atoms with E-state index in [4.69, 9.17) is 21.1 Å². The Balaban J connectivity index is 1.69. The second kappa shape index (κ2) is 7.58. The Labute approximate surface area is 163 Å². The molecule has 1 aliphatic rings. The molecule has 1 aliphatic heterocycles. The van der Waals surface area contributed by atoms with Gasteiger partial charge in [0.25, 0.3) is 0 Å². The number of benzene rings is 2. The normalized spacial score (nSPS) is 17.1. The number of rotatable bonds is 4. The Kier molecular flexibility index (Phi) is 5.01. The molecule has 6 nitrogen and oxygen atoms in total. The van der Waals surface area contributed by atoms with Crippen molar-refractivity contribution in [3.05, 3.63) is 53.3 Å². The molecule has 0 spiro atoms. The van der Waals surface area contributed by atoms with Crippen LogP contribution in [0.4, 0.5) is 5.82 Å². The zero-order valence-corrected chi connectivity index (χ0v) is 16.0. The molecule has 140 valence electrons. The summed E-state index contributed by atoms with van der Waals surface area (Å²) in [5, 5.41) is 5.27. The van der Waals surface area contributed by atoms with Crippen LogP contribution >= 0.6 is 11.6 Å². The Hall–Kier alpha value is -2.57. The zero-order chi connectivity index (χ0) is 18.8. The number of hydrogen-bond donors (Lipinski definition) is 1. The molecule has 1 atom stereocenters. The van der Waals surface area contributed by atoms with Crippen molar-refractivity contribution in [1.29, 1.82) is 0 Å². The highest BCUT2D eigenvalue weighted by Crippen LogP contribution is 2.35. The molecule has 1 fully saturated rings. The number of halogens is 1. The maximum absolute atomic E-state index is 6.02. The minimum Gasteiger partial charge on any atom is -0.493 e.